The van der Waals surface area contributed by atoms with Gasteiger partial charge in [0.25, 0.3) is 0 Å². The fourth-order valence-corrected chi connectivity index (χ4v) is 24.6. The molecule has 46 heavy (non-hydrogen) atoms. The molecule has 222 valence electrons. The van der Waals surface area contributed by atoms with Gasteiger partial charge in [-0.2, -0.15) is 0 Å². The van der Waals surface area contributed by atoms with Crippen LogP contribution in [0.2, 0.25) is 13.1 Å². The molecule has 0 heterocycles. The van der Waals surface area contributed by atoms with Gasteiger partial charge in [0.1, 0.15) is 0 Å². The van der Waals surface area contributed by atoms with Crippen molar-refractivity contribution in [2.75, 3.05) is 5.79 Å². The van der Waals surface area contributed by atoms with Crippen LogP contribution in [0.4, 0.5) is 0 Å². The van der Waals surface area contributed by atoms with Gasteiger partial charge in [-0.3, -0.25) is 0 Å². The van der Waals surface area contributed by atoms with Gasteiger partial charge < -0.3 is 0 Å². The third kappa shape index (κ3) is 5.28. The number of fused-ring (bicyclic) bond motifs is 4. The number of hydrogen-bond acceptors (Lipinski definition) is 0. The highest BCUT2D eigenvalue weighted by atomic mass is 31.4. The first-order valence-corrected chi connectivity index (χ1v) is 23.0. The monoisotopic (exact) mass is 642 g/mol. The standard InChI is InChI=1S/C43H36P2Si/c1-46(2,45(42-29-13-21-34-17-5-9-25-38(34)42)43-30-14-22-35-18-6-10-26-39(35)43)31-44(40-27-11-19-32-15-3-7-23-36(32)40)41-28-12-20-33-16-4-8-24-37(33)41/h3-30H,31H2,1-2H3. The minimum absolute atomic E-state index is 0.638. The van der Waals surface area contributed by atoms with E-state index in [2.05, 4.69) is 183 Å². The van der Waals surface area contributed by atoms with E-state index in [9.17, 15) is 0 Å². The van der Waals surface area contributed by atoms with Crippen molar-refractivity contribution in [1.82, 2.24) is 0 Å². The van der Waals surface area contributed by atoms with Crippen molar-refractivity contribution in [3.8, 4) is 0 Å². The Balaban J connectivity index is 1.39. The van der Waals surface area contributed by atoms with E-state index >= 15 is 0 Å². The van der Waals surface area contributed by atoms with Gasteiger partial charge in [-0.25, -0.2) is 0 Å². The van der Waals surface area contributed by atoms with E-state index in [-0.39, 0.29) is 0 Å². The molecular weight excluding hydrogens is 607 g/mol. The van der Waals surface area contributed by atoms with Crippen molar-refractivity contribution in [3.63, 3.8) is 0 Å². The predicted octanol–water partition coefficient (Wildman–Crippen LogP) is 10.6. The molecule has 0 spiro atoms. The van der Waals surface area contributed by atoms with Crippen LogP contribution in [0.5, 0.6) is 0 Å². The summed E-state index contributed by atoms with van der Waals surface area (Å²) in [6.07, 6.45) is 0. The van der Waals surface area contributed by atoms with E-state index in [1.165, 1.54) is 70.1 Å². The van der Waals surface area contributed by atoms with Crippen LogP contribution in [0.25, 0.3) is 43.1 Å². The Kier molecular flexibility index (Phi) is 7.79. The van der Waals surface area contributed by atoms with Gasteiger partial charge in [0.2, 0.25) is 0 Å². The van der Waals surface area contributed by atoms with Crippen molar-refractivity contribution in [3.05, 3.63) is 170 Å². The summed E-state index contributed by atoms with van der Waals surface area (Å²) in [6.45, 7) is 5.38. The van der Waals surface area contributed by atoms with Gasteiger partial charge in [0.05, 0.1) is 7.74 Å². The third-order valence-electron chi connectivity index (χ3n) is 9.28. The molecule has 0 saturated heterocycles. The molecule has 0 aliphatic heterocycles. The van der Waals surface area contributed by atoms with Gasteiger partial charge >= 0.3 is 0 Å². The zero-order valence-corrected chi connectivity index (χ0v) is 29.1. The maximum Gasteiger partial charge on any atom is 0.0907 e. The van der Waals surface area contributed by atoms with Crippen LogP contribution in [-0.4, -0.2) is 13.5 Å². The van der Waals surface area contributed by atoms with Crippen LogP contribution in [0, 0.1) is 0 Å². The highest BCUT2D eigenvalue weighted by Crippen LogP contribution is 2.53. The molecule has 8 rings (SSSR count). The minimum Gasteiger partial charge on any atom is -0.0646 e. The van der Waals surface area contributed by atoms with E-state index in [1.807, 2.05) is 0 Å². The summed E-state index contributed by atoms with van der Waals surface area (Å²) in [5.41, 5.74) is 0. The van der Waals surface area contributed by atoms with E-state index < -0.39 is 23.1 Å². The first-order valence-electron chi connectivity index (χ1n) is 16.1. The summed E-state index contributed by atoms with van der Waals surface area (Å²) in [5, 5.41) is 17.0. The van der Waals surface area contributed by atoms with E-state index in [1.54, 1.807) is 0 Å². The van der Waals surface area contributed by atoms with E-state index in [0.29, 0.717) is 0 Å². The molecule has 0 aliphatic rings. The first kappa shape index (κ1) is 29.3. The zero-order valence-electron chi connectivity index (χ0n) is 26.3. The van der Waals surface area contributed by atoms with Gasteiger partial charge in [-0.05, 0) is 78.0 Å². The Morgan fingerprint density at radius 1 is 0.348 bits per heavy atom. The van der Waals surface area contributed by atoms with Gasteiger partial charge in [-0.15, -0.1) is 0 Å². The smallest absolute Gasteiger partial charge is 0.0646 e. The molecule has 0 aliphatic carbocycles. The number of rotatable bonds is 7. The van der Waals surface area contributed by atoms with Crippen LogP contribution in [0.3, 0.4) is 0 Å². The summed E-state index contributed by atoms with van der Waals surface area (Å²) in [7, 11) is -3.36. The molecule has 0 saturated carbocycles. The second kappa shape index (κ2) is 12.2. The van der Waals surface area contributed by atoms with E-state index in [4.69, 9.17) is 0 Å². The lowest BCUT2D eigenvalue weighted by Crippen LogP contribution is -2.39. The van der Waals surface area contributed by atoms with Gasteiger partial charge in [0.15, 0.2) is 0 Å². The SMILES string of the molecule is C[Si](C)(CP(c1cccc2ccccc12)c1cccc2ccccc12)P(c1cccc2ccccc12)c1cccc2ccccc12. The van der Waals surface area contributed by atoms with Crippen molar-refractivity contribution in [1.29, 1.82) is 0 Å². The van der Waals surface area contributed by atoms with Crippen molar-refractivity contribution in [2.24, 2.45) is 0 Å². The molecule has 0 radical (unpaired) electrons. The van der Waals surface area contributed by atoms with Gasteiger partial charge in [-0.1, -0.05) is 190 Å². The average Bonchev–Trinajstić information content (AvgIpc) is 3.10. The molecule has 8 aromatic carbocycles. The molecule has 0 aromatic heterocycles. The van der Waals surface area contributed by atoms with Crippen LogP contribution < -0.4 is 21.2 Å². The molecule has 0 fully saturated rings. The molecule has 3 heteroatoms. The Morgan fingerprint density at radius 2 is 0.630 bits per heavy atom. The average molecular weight is 643 g/mol. The molecule has 0 N–H and O–H groups in total. The maximum atomic E-state index is 2.69. The predicted molar refractivity (Wildman–Crippen MR) is 211 cm³/mol. The molecule has 0 nitrogen and oxygen atoms in total. The van der Waals surface area contributed by atoms with Crippen LogP contribution in [0.15, 0.2) is 170 Å². The summed E-state index contributed by atoms with van der Waals surface area (Å²) < 4.78 is 0. The highest BCUT2D eigenvalue weighted by Gasteiger charge is 2.39. The van der Waals surface area contributed by atoms with Crippen molar-refractivity contribution < 1.29 is 0 Å². The van der Waals surface area contributed by atoms with Crippen LogP contribution in [-0.2, 0) is 0 Å². The zero-order chi connectivity index (χ0) is 31.1. The summed E-state index contributed by atoms with van der Waals surface area (Å²) in [5.74, 6) is 1.21. The van der Waals surface area contributed by atoms with E-state index in [0.717, 1.165) is 0 Å². The first-order chi connectivity index (χ1) is 22.6. The second-order valence-electron chi connectivity index (χ2n) is 12.7. The Bertz CT molecular complexity index is 2180. The molecule has 8 aromatic rings. The second-order valence-corrected chi connectivity index (χ2v) is 26.0. The lowest BCUT2D eigenvalue weighted by molar-refractivity contribution is 1.74. The quantitative estimate of drug-likeness (QED) is 0.120. The molecule has 0 bridgehead atoms. The molecular formula is C43H36P2Si. The fraction of sp³-hybridized carbons (Fsp3) is 0.0698. The van der Waals surface area contributed by atoms with Crippen LogP contribution >= 0.6 is 15.4 Å². The number of hydrogen-bond donors (Lipinski definition) is 0. The normalized spacial score (nSPS) is 12.2. The Labute approximate surface area is 275 Å². The minimum atomic E-state index is -2.06. The summed E-state index contributed by atoms with van der Waals surface area (Å²) in [6, 6.07) is 64.1. The molecule has 0 amide bonds. The van der Waals surface area contributed by atoms with Crippen LogP contribution in [0.1, 0.15) is 0 Å². The highest BCUT2D eigenvalue weighted by molar-refractivity contribution is 8.07. The lowest BCUT2D eigenvalue weighted by atomic mass is 10.1. The molecule has 0 unspecified atom stereocenters. The third-order valence-corrected chi connectivity index (χ3v) is 24.9. The van der Waals surface area contributed by atoms with Gasteiger partial charge in [0, 0.05) is 0 Å². The topological polar surface area (TPSA) is 0 Å². The lowest BCUT2D eigenvalue weighted by Gasteiger charge is -2.38. The largest absolute Gasteiger partial charge is 0.0907 e. The van der Waals surface area contributed by atoms with Crippen molar-refractivity contribution in [2.45, 2.75) is 13.1 Å². The Hall–Kier alpha value is -4.12. The summed E-state index contributed by atoms with van der Waals surface area (Å²) in [4.78, 5) is 0. The molecule has 0 atom stereocenters. The number of benzene rings is 8. The summed E-state index contributed by atoms with van der Waals surface area (Å²) >= 11 is 0. The van der Waals surface area contributed by atoms with Crippen molar-refractivity contribution >= 4 is 87.4 Å². The fourth-order valence-electron chi connectivity index (χ4n) is 7.23. The maximum absolute atomic E-state index is 2.69. The Morgan fingerprint density at radius 3 is 1.00 bits per heavy atom.